The Bertz CT molecular complexity index is 1400. The Morgan fingerprint density at radius 3 is 2.66 bits per heavy atom. The predicted octanol–water partition coefficient (Wildman–Crippen LogP) is 5.48. The molecule has 0 saturated carbocycles. The van der Waals surface area contributed by atoms with Crippen LogP contribution in [-0.4, -0.2) is 50.4 Å². The van der Waals surface area contributed by atoms with Crippen molar-refractivity contribution in [2.24, 2.45) is 7.05 Å². The zero-order chi connectivity index (χ0) is 25.5. The molecule has 0 aliphatic carbocycles. The molecule has 8 nitrogen and oxygen atoms in total. The summed E-state index contributed by atoms with van der Waals surface area (Å²) in [6, 6.07) is 6.69. The number of fused-ring (bicyclic) bond motifs is 2. The van der Waals surface area contributed by atoms with E-state index in [1.165, 1.54) is 0 Å². The monoisotopic (exact) mass is 512 g/mol. The molecule has 0 atom stereocenters. The molecule has 35 heavy (non-hydrogen) atoms. The van der Waals surface area contributed by atoms with Gasteiger partial charge in [-0.3, -0.25) is 9.48 Å². The molecule has 0 unspecified atom stereocenters. The second-order valence-electron chi connectivity index (χ2n) is 11.1. The molecule has 3 aromatic heterocycles. The summed E-state index contributed by atoms with van der Waals surface area (Å²) in [5, 5.41) is 9.25. The van der Waals surface area contributed by atoms with E-state index < -0.39 is 8.07 Å². The lowest BCUT2D eigenvalue weighted by molar-refractivity contribution is 0.0886. The Hall–Kier alpha value is -2.75. The molecular formula is C25H33ClN6O2Si. The maximum Gasteiger partial charge on any atom is 0.255 e. The van der Waals surface area contributed by atoms with Crippen LogP contribution in [0.2, 0.25) is 30.7 Å². The minimum absolute atomic E-state index is 0.201. The summed E-state index contributed by atoms with van der Waals surface area (Å²) in [5.41, 5.74) is 3.37. The average molecular weight is 513 g/mol. The van der Waals surface area contributed by atoms with Gasteiger partial charge < -0.3 is 14.6 Å². The van der Waals surface area contributed by atoms with E-state index in [1.54, 1.807) is 17.1 Å². The van der Waals surface area contributed by atoms with Crippen LogP contribution in [0.4, 0.5) is 0 Å². The molecule has 0 aliphatic heterocycles. The van der Waals surface area contributed by atoms with Gasteiger partial charge in [0.15, 0.2) is 5.65 Å². The van der Waals surface area contributed by atoms with Gasteiger partial charge in [0.25, 0.3) is 5.91 Å². The van der Waals surface area contributed by atoms with Crippen LogP contribution in [0.5, 0.6) is 0 Å². The van der Waals surface area contributed by atoms with Crippen LogP contribution in [0.15, 0.2) is 30.6 Å². The van der Waals surface area contributed by atoms with Gasteiger partial charge in [-0.15, -0.1) is 0 Å². The maximum absolute atomic E-state index is 13.2. The van der Waals surface area contributed by atoms with E-state index in [2.05, 4.69) is 30.1 Å². The Morgan fingerprint density at radius 2 is 1.97 bits per heavy atom. The van der Waals surface area contributed by atoms with Crippen molar-refractivity contribution in [3.05, 3.63) is 41.2 Å². The van der Waals surface area contributed by atoms with E-state index in [4.69, 9.17) is 26.3 Å². The van der Waals surface area contributed by atoms with Crippen molar-refractivity contribution in [1.82, 2.24) is 29.6 Å². The highest BCUT2D eigenvalue weighted by atomic mass is 35.5. The van der Waals surface area contributed by atoms with E-state index in [0.717, 1.165) is 16.9 Å². The van der Waals surface area contributed by atoms with Crippen molar-refractivity contribution in [2.75, 3.05) is 6.61 Å². The van der Waals surface area contributed by atoms with Crippen LogP contribution in [0.3, 0.4) is 0 Å². The fourth-order valence-corrected chi connectivity index (χ4v) is 4.72. The molecule has 3 heterocycles. The molecule has 10 heteroatoms. The molecule has 0 radical (unpaired) electrons. The Balaban J connectivity index is 1.76. The minimum atomic E-state index is -1.20. The SMILES string of the molecule is Cn1nc(-c2cnc3c(n2)c(C(=O)NC(C)(C)C)cn3COCC[Si](C)(C)C)c2ccc(Cl)cc21. The van der Waals surface area contributed by atoms with Gasteiger partial charge in [-0.25, -0.2) is 9.97 Å². The summed E-state index contributed by atoms with van der Waals surface area (Å²) in [5.74, 6) is -0.201. The van der Waals surface area contributed by atoms with E-state index in [9.17, 15) is 4.79 Å². The number of amides is 1. The molecule has 0 fully saturated rings. The van der Waals surface area contributed by atoms with E-state index >= 15 is 0 Å². The first-order valence-corrected chi connectivity index (χ1v) is 15.8. The van der Waals surface area contributed by atoms with Crippen LogP contribution in [0.1, 0.15) is 31.1 Å². The molecule has 0 saturated heterocycles. The quantitative estimate of drug-likeness (QED) is 0.262. The van der Waals surface area contributed by atoms with Crippen molar-refractivity contribution >= 4 is 47.6 Å². The van der Waals surface area contributed by atoms with Gasteiger partial charge in [0.2, 0.25) is 0 Å². The number of hydrogen-bond donors (Lipinski definition) is 1. The molecule has 0 spiro atoms. The third-order valence-electron chi connectivity index (χ3n) is 5.58. The summed E-state index contributed by atoms with van der Waals surface area (Å²) in [7, 11) is 0.664. The fourth-order valence-electron chi connectivity index (χ4n) is 3.80. The number of benzene rings is 1. The van der Waals surface area contributed by atoms with Gasteiger partial charge in [0.1, 0.15) is 23.6 Å². The maximum atomic E-state index is 13.2. The number of carbonyl (C=O) groups is 1. The lowest BCUT2D eigenvalue weighted by atomic mass is 10.1. The average Bonchev–Trinajstić information content (AvgIpc) is 3.27. The number of aromatic nitrogens is 5. The van der Waals surface area contributed by atoms with Gasteiger partial charge >= 0.3 is 0 Å². The highest BCUT2D eigenvalue weighted by molar-refractivity contribution is 6.76. The molecule has 0 aliphatic rings. The van der Waals surface area contributed by atoms with Crippen LogP contribution in [0, 0.1) is 0 Å². The van der Waals surface area contributed by atoms with Gasteiger partial charge in [-0.05, 0) is 45.0 Å². The van der Waals surface area contributed by atoms with E-state index in [0.29, 0.717) is 46.5 Å². The van der Waals surface area contributed by atoms with Crippen LogP contribution in [0.25, 0.3) is 33.5 Å². The Labute approximate surface area is 211 Å². The molecule has 4 aromatic rings. The highest BCUT2D eigenvalue weighted by Gasteiger charge is 2.23. The van der Waals surface area contributed by atoms with Crippen LogP contribution in [-0.2, 0) is 18.5 Å². The van der Waals surface area contributed by atoms with Gasteiger partial charge in [-0.1, -0.05) is 31.2 Å². The van der Waals surface area contributed by atoms with Crippen molar-refractivity contribution in [2.45, 2.75) is 58.7 Å². The number of aryl methyl sites for hydroxylation is 1. The predicted molar refractivity (Wildman–Crippen MR) is 144 cm³/mol. The summed E-state index contributed by atoms with van der Waals surface area (Å²) in [6.45, 7) is 13.8. The number of hydrogen-bond acceptors (Lipinski definition) is 5. The van der Waals surface area contributed by atoms with Crippen molar-refractivity contribution < 1.29 is 9.53 Å². The van der Waals surface area contributed by atoms with Crippen LogP contribution < -0.4 is 5.32 Å². The molecule has 4 rings (SSSR count). The van der Waals surface area contributed by atoms with Crippen molar-refractivity contribution in [1.29, 1.82) is 0 Å². The third kappa shape index (κ3) is 5.74. The van der Waals surface area contributed by atoms with E-state index in [1.807, 2.05) is 50.6 Å². The van der Waals surface area contributed by atoms with E-state index in [-0.39, 0.29) is 11.4 Å². The van der Waals surface area contributed by atoms with Gasteiger partial charge in [0.05, 0.1) is 17.3 Å². The number of ether oxygens (including phenoxy) is 1. The lowest BCUT2D eigenvalue weighted by Gasteiger charge is -2.20. The lowest BCUT2D eigenvalue weighted by Crippen LogP contribution is -2.40. The summed E-state index contributed by atoms with van der Waals surface area (Å²) in [6.07, 6.45) is 3.48. The molecule has 0 bridgehead atoms. The van der Waals surface area contributed by atoms with Crippen molar-refractivity contribution in [3.63, 3.8) is 0 Å². The first-order valence-electron chi connectivity index (χ1n) is 11.7. The molecule has 186 valence electrons. The second-order valence-corrected chi connectivity index (χ2v) is 17.2. The van der Waals surface area contributed by atoms with Gasteiger partial charge in [0, 0.05) is 43.9 Å². The molecule has 1 aromatic carbocycles. The first kappa shape index (κ1) is 25.3. The zero-order valence-electron chi connectivity index (χ0n) is 21.4. The third-order valence-corrected chi connectivity index (χ3v) is 7.52. The summed E-state index contributed by atoms with van der Waals surface area (Å²) >= 11 is 6.19. The largest absolute Gasteiger partial charge is 0.361 e. The Kier molecular flexibility index (Phi) is 6.78. The van der Waals surface area contributed by atoms with Crippen LogP contribution >= 0.6 is 11.6 Å². The number of nitrogens with zero attached hydrogens (tertiary/aromatic N) is 5. The number of nitrogens with one attached hydrogen (secondary N) is 1. The standard InChI is InChI=1S/C25H33ClN6O2Si/c1-25(2,3)29-24(33)18-14-32(15-34-10-11-35(5,6)7)23-22(18)28-19(13-27-23)21-17-9-8-16(26)12-20(17)31(4)30-21/h8-9,12-14H,10-11,15H2,1-7H3,(H,29,33). The smallest absolute Gasteiger partial charge is 0.255 e. The molecule has 1 amide bonds. The van der Waals surface area contributed by atoms with Crippen molar-refractivity contribution in [3.8, 4) is 11.4 Å². The first-order chi connectivity index (χ1) is 16.3. The summed E-state index contributed by atoms with van der Waals surface area (Å²) in [4.78, 5) is 22.7. The normalized spacial score (nSPS) is 12.6. The second kappa shape index (κ2) is 9.37. The highest BCUT2D eigenvalue weighted by Crippen LogP contribution is 2.30. The molecular weight excluding hydrogens is 480 g/mol. The van der Waals surface area contributed by atoms with Gasteiger partial charge in [-0.2, -0.15) is 5.10 Å². The topological polar surface area (TPSA) is 86.9 Å². The number of rotatable bonds is 7. The zero-order valence-corrected chi connectivity index (χ0v) is 23.2. The number of halogens is 1. The summed E-state index contributed by atoms with van der Waals surface area (Å²) < 4.78 is 9.58. The fraction of sp³-hybridized carbons (Fsp3) is 0.440. The number of carbonyl (C=O) groups excluding carboxylic acids is 1. The minimum Gasteiger partial charge on any atom is -0.361 e. The molecule has 1 N–H and O–H groups in total. The Morgan fingerprint density at radius 1 is 1.23 bits per heavy atom.